The summed E-state index contributed by atoms with van der Waals surface area (Å²) in [5, 5.41) is 29.1. The van der Waals surface area contributed by atoms with Crippen LogP contribution in [0.25, 0.3) is 43.6 Å². The molecule has 0 saturated carbocycles. The van der Waals surface area contributed by atoms with E-state index in [-0.39, 0.29) is 12.5 Å². The smallest absolute Gasteiger partial charge is 0.137 e. The van der Waals surface area contributed by atoms with Gasteiger partial charge in [-0.15, -0.1) is 0 Å². The van der Waals surface area contributed by atoms with Crippen molar-refractivity contribution in [3.8, 4) is 0 Å². The Hall–Kier alpha value is -2.90. The molecule has 3 N–H and O–H groups in total. The Kier molecular flexibility index (Phi) is 2.67. The zero-order chi connectivity index (χ0) is 19.7. The summed E-state index contributed by atoms with van der Waals surface area (Å²) < 4.78 is 11.2. The van der Waals surface area contributed by atoms with Crippen LogP contribution in [0.5, 0.6) is 0 Å². The quantitative estimate of drug-likeness (QED) is 0.364. The third kappa shape index (κ3) is 1.58. The molecule has 2 aromatic heterocycles. The summed E-state index contributed by atoms with van der Waals surface area (Å²) in [6.07, 6.45) is 0.00504. The molecule has 5 heterocycles. The maximum Gasteiger partial charge on any atom is 0.137 e. The molecule has 6 nitrogen and oxygen atoms in total. The molecule has 148 valence electrons. The summed E-state index contributed by atoms with van der Waals surface area (Å²) in [5.74, 6) is 0. The minimum atomic E-state index is -0.915. The van der Waals surface area contributed by atoms with Crippen LogP contribution >= 0.6 is 0 Å². The Labute approximate surface area is 170 Å². The summed E-state index contributed by atoms with van der Waals surface area (Å²) in [7, 11) is 0. The maximum atomic E-state index is 11.0. The van der Waals surface area contributed by atoms with Crippen molar-refractivity contribution in [3.63, 3.8) is 0 Å². The highest BCUT2D eigenvalue weighted by Crippen LogP contribution is 2.54. The van der Waals surface area contributed by atoms with E-state index < -0.39 is 12.5 Å². The molecule has 0 spiro atoms. The van der Waals surface area contributed by atoms with Crippen LogP contribution < -0.4 is 5.32 Å². The van der Waals surface area contributed by atoms with Crippen LogP contribution in [0.1, 0.15) is 48.9 Å². The Balaban J connectivity index is 1.80. The van der Waals surface area contributed by atoms with Crippen molar-refractivity contribution in [2.24, 2.45) is 0 Å². The largest absolute Gasteiger partial charge is 0.374 e. The minimum absolute atomic E-state index is 0.0336. The number of aromatic nitrogens is 2. The fourth-order valence-electron chi connectivity index (χ4n) is 6.27. The predicted octanol–water partition coefficient (Wildman–Crippen LogP) is 4.31. The number of ether oxygens (including phenoxy) is 1. The van der Waals surface area contributed by atoms with Gasteiger partial charge >= 0.3 is 0 Å². The lowest BCUT2D eigenvalue weighted by Crippen LogP contribution is -2.16. The van der Waals surface area contributed by atoms with Crippen molar-refractivity contribution in [1.29, 1.82) is 0 Å². The first-order valence-corrected chi connectivity index (χ1v) is 10.5. The average molecular weight is 397 g/mol. The lowest BCUT2D eigenvalue weighted by atomic mass is 9.96. The van der Waals surface area contributed by atoms with E-state index in [4.69, 9.17) is 4.74 Å². The van der Waals surface area contributed by atoms with Crippen LogP contribution in [-0.2, 0) is 4.74 Å². The topological polar surface area (TPSA) is 71.6 Å². The number of benzene rings is 3. The van der Waals surface area contributed by atoms with Crippen LogP contribution in [0.4, 0.5) is 0 Å². The van der Waals surface area contributed by atoms with Gasteiger partial charge in [-0.05, 0) is 25.0 Å². The zero-order valence-corrected chi connectivity index (χ0v) is 16.0. The summed E-state index contributed by atoms with van der Waals surface area (Å²) in [4.78, 5) is 0. The lowest BCUT2D eigenvalue weighted by Gasteiger charge is -2.15. The first kappa shape index (κ1) is 15.9. The molecule has 1 saturated heterocycles. The van der Waals surface area contributed by atoms with Gasteiger partial charge < -0.3 is 24.1 Å². The van der Waals surface area contributed by atoms with Gasteiger partial charge in [0.05, 0.1) is 22.1 Å². The zero-order valence-electron chi connectivity index (χ0n) is 16.0. The van der Waals surface area contributed by atoms with Crippen molar-refractivity contribution in [3.05, 3.63) is 59.7 Å². The van der Waals surface area contributed by atoms with E-state index in [0.29, 0.717) is 0 Å². The van der Waals surface area contributed by atoms with Crippen LogP contribution in [0.3, 0.4) is 0 Å². The van der Waals surface area contributed by atoms with Gasteiger partial charge in [0.15, 0.2) is 0 Å². The van der Waals surface area contributed by atoms with Crippen LogP contribution in [0, 0.1) is 0 Å². The fraction of sp³-hybridized carbons (Fsp3) is 0.250. The van der Waals surface area contributed by atoms with E-state index in [0.717, 1.165) is 67.6 Å². The third-order valence-electron chi connectivity index (χ3n) is 7.29. The van der Waals surface area contributed by atoms with Crippen LogP contribution in [0.15, 0.2) is 48.5 Å². The van der Waals surface area contributed by atoms with Crippen LogP contribution in [0.2, 0.25) is 0 Å². The molecule has 3 unspecified atom stereocenters. The molecule has 30 heavy (non-hydrogen) atoms. The van der Waals surface area contributed by atoms with E-state index in [2.05, 4.69) is 50.8 Å². The van der Waals surface area contributed by atoms with E-state index in [1.54, 1.807) is 0 Å². The van der Waals surface area contributed by atoms with Crippen molar-refractivity contribution >= 4 is 43.6 Å². The van der Waals surface area contributed by atoms with Gasteiger partial charge in [-0.2, -0.15) is 0 Å². The number of rotatable bonds is 0. The Morgan fingerprint density at radius 1 is 0.733 bits per heavy atom. The molecule has 0 amide bonds. The Morgan fingerprint density at radius 2 is 1.20 bits per heavy atom. The lowest BCUT2D eigenvalue weighted by molar-refractivity contribution is -0.0229. The van der Waals surface area contributed by atoms with E-state index in [1.165, 1.54) is 0 Å². The predicted molar refractivity (Wildman–Crippen MR) is 114 cm³/mol. The summed E-state index contributed by atoms with van der Waals surface area (Å²) in [6, 6.07) is 16.7. The highest BCUT2D eigenvalue weighted by atomic mass is 16.5. The molecular formula is C24H19N3O3. The highest BCUT2D eigenvalue weighted by molar-refractivity contribution is 6.25. The Bertz CT molecular complexity index is 1450. The van der Waals surface area contributed by atoms with Gasteiger partial charge in [-0.3, -0.25) is 5.32 Å². The summed E-state index contributed by atoms with van der Waals surface area (Å²) >= 11 is 0. The van der Waals surface area contributed by atoms with Gasteiger partial charge in [-0.25, -0.2) is 0 Å². The molecule has 6 heteroatoms. The molecule has 8 rings (SSSR count). The number of nitrogens with one attached hydrogen (secondary N) is 1. The molecule has 0 radical (unpaired) electrons. The van der Waals surface area contributed by atoms with Gasteiger partial charge in [0, 0.05) is 32.7 Å². The van der Waals surface area contributed by atoms with Gasteiger partial charge in [0.1, 0.15) is 24.9 Å². The number of aliphatic hydroxyl groups is 2. The number of fused-ring (bicyclic) bond motifs is 13. The Morgan fingerprint density at radius 3 is 1.70 bits per heavy atom. The van der Waals surface area contributed by atoms with Crippen molar-refractivity contribution in [1.82, 2.24) is 14.5 Å². The molecule has 3 aliphatic heterocycles. The SMILES string of the molecule is OC1NC(O)c2c1c1c3ccccc3n3c1c1c2c2ccccc2n1[C@@H]1CCC3O1. The first-order valence-electron chi connectivity index (χ1n) is 10.5. The molecule has 3 aromatic carbocycles. The average Bonchev–Trinajstić information content (AvgIpc) is 3.46. The van der Waals surface area contributed by atoms with Crippen molar-refractivity contribution < 1.29 is 14.9 Å². The summed E-state index contributed by atoms with van der Waals surface area (Å²) in [5.41, 5.74) is 6.01. The van der Waals surface area contributed by atoms with Crippen molar-refractivity contribution in [2.75, 3.05) is 0 Å². The van der Waals surface area contributed by atoms with E-state index in [1.807, 2.05) is 12.1 Å². The van der Waals surface area contributed by atoms with E-state index in [9.17, 15) is 10.2 Å². The second-order valence-corrected chi connectivity index (χ2v) is 8.64. The number of nitrogens with zero attached hydrogens (tertiary/aromatic N) is 2. The molecule has 1 fully saturated rings. The normalized spacial score (nSPS) is 27.1. The molecule has 0 aliphatic carbocycles. The molecule has 4 atom stereocenters. The van der Waals surface area contributed by atoms with Crippen LogP contribution in [-0.4, -0.2) is 19.3 Å². The summed E-state index contributed by atoms with van der Waals surface area (Å²) in [6.45, 7) is 0. The second-order valence-electron chi connectivity index (χ2n) is 8.64. The monoisotopic (exact) mass is 397 g/mol. The molecular weight excluding hydrogens is 378 g/mol. The minimum Gasteiger partial charge on any atom is -0.374 e. The number of hydrogen-bond donors (Lipinski definition) is 3. The van der Waals surface area contributed by atoms with Gasteiger partial charge in [0.2, 0.25) is 0 Å². The van der Waals surface area contributed by atoms with Gasteiger partial charge in [-0.1, -0.05) is 36.4 Å². The molecule has 5 aromatic rings. The number of aliphatic hydroxyl groups excluding tert-OH is 2. The number of para-hydroxylation sites is 2. The fourth-order valence-corrected chi connectivity index (χ4v) is 6.27. The third-order valence-corrected chi connectivity index (χ3v) is 7.29. The van der Waals surface area contributed by atoms with Gasteiger partial charge in [0.25, 0.3) is 0 Å². The van der Waals surface area contributed by atoms with Crippen molar-refractivity contribution in [2.45, 2.75) is 37.8 Å². The molecule has 3 aliphatic rings. The molecule has 2 bridgehead atoms. The standard InChI is InChI=1S/C24H19N3O3/c28-23-19-17-11-5-1-3-7-13(11)26-15-9-10-16(30-15)27-14-8-4-2-6-12(14)18(22(27)21(17)26)20(19)24(29)25-23/h1-8,15-16,23-25,28-29H,9-10H2/t15-,16?,23?,24?/m0/s1. The second kappa shape index (κ2) is 5.04. The highest BCUT2D eigenvalue weighted by Gasteiger charge is 2.41. The number of hydrogen-bond acceptors (Lipinski definition) is 4. The first-order chi connectivity index (χ1) is 14.7. The maximum absolute atomic E-state index is 11.0. The van der Waals surface area contributed by atoms with E-state index >= 15 is 0 Å².